The molecular formula is C14H26O4. The molecule has 18 heavy (non-hydrogen) atoms. The van der Waals surface area contributed by atoms with Gasteiger partial charge in [0.2, 0.25) is 0 Å². The summed E-state index contributed by atoms with van der Waals surface area (Å²) in [5.74, 6) is -0.327. The smallest absolute Gasteiger partial charge is 0.333 e. The molecule has 0 saturated heterocycles. The van der Waals surface area contributed by atoms with Crippen LogP contribution >= 0.6 is 0 Å². The number of hydrogen-bond donors (Lipinski definition) is 0. The van der Waals surface area contributed by atoms with Crippen molar-refractivity contribution < 1.29 is 19.0 Å². The van der Waals surface area contributed by atoms with Crippen LogP contribution in [0.15, 0.2) is 12.2 Å². The SMILES string of the molecule is C=C(C)C(=O)OCCCCOC(C)OCCCC. The van der Waals surface area contributed by atoms with E-state index in [1.807, 2.05) is 6.92 Å². The molecule has 0 saturated carbocycles. The molecule has 1 unspecified atom stereocenters. The molecule has 0 aromatic carbocycles. The standard InChI is InChI=1S/C14H26O4/c1-5-6-9-16-13(4)17-10-7-8-11-18-14(15)12(2)3/h13H,2,5-11H2,1,3-4H3. The summed E-state index contributed by atoms with van der Waals surface area (Å²) < 4.78 is 15.9. The van der Waals surface area contributed by atoms with Gasteiger partial charge in [0.25, 0.3) is 0 Å². The van der Waals surface area contributed by atoms with E-state index < -0.39 is 0 Å². The van der Waals surface area contributed by atoms with Gasteiger partial charge < -0.3 is 14.2 Å². The van der Waals surface area contributed by atoms with Crippen LogP contribution in [0.3, 0.4) is 0 Å². The summed E-state index contributed by atoms with van der Waals surface area (Å²) >= 11 is 0. The average molecular weight is 258 g/mol. The van der Waals surface area contributed by atoms with Gasteiger partial charge >= 0.3 is 5.97 Å². The summed E-state index contributed by atoms with van der Waals surface area (Å²) in [6.45, 7) is 11.0. The summed E-state index contributed by atoms with van der Waals surface area (Å²) in [5, 5.41) is 0. The van der Waals surface area contributed by atoms with Crippen LogP contribution < -0.4 is 0 Å². The largest absolute Gasteiger partial charge is 0.462 e. The first-order valence-corrected chi connectivity index (χ1v) is 6.63. The summed E-state index contributed by atoms with van der Waals surface area (Å²) in [6, 6.07) is 0. The van der Waals surface area contributed by atoms with Gasteiger partial charge in [-0.05, 0) is 33.1 Å². The molecule has 0 rings (SSSR count). The highest BCUT2D eigenvalue weighted by molar-refractivity contribution is 5.86. The molecule has 106 valence electrons. The topological polar surface area (TPSA) is 44.8 Å². The minimum Gasteiger partial charge on any atom is -0.462 e. The first-order chi connectivity index (χ1) is 8.57. The van der Waals surface area contributed by atoms with Crippen molar-refractivity contribution in [1.29, 1.82) is 0 Å². The van der Waals surface area contributed by atoms with Crippen LogP contribution in [0.5, 0.6) is 0 Å². The molecule has 4 nitrogen and oxygen atoms in total. The van der Waals surface area contributed by atoms with Crippen molar-refractivity contribution in [3.8, 4) is 0 Å². The van der Waals surface area contributed by atoms with E-state index in [9.17, 15) is 4.79 Å². The van der Waals surface area contributed by atoms with Gasteiger partial charge in [-0.25, -0.2) is 4.79 Å². The summed E-state index contributed by atoms with van der Waals surface area (Å²) in [6.07, 6.45) is 3.67. The van der Waals surface area contributed by atoms with Gasteiger partial charge in [0.1, 0.15) is 0 Å². The van der Waals surface area contributed by atoms with Crippen LogP contribution in [0.1, 0.15) is 46.5 Å². The molecule has 0 spiro atoms. The zero-order chi connectivity index (χ0) is 13.8. The number of esters is 1. The number of ether oxygens (including phenoxy) is 3. The Morgan fingerprint density at radius 3 is 2.22 bits per heavy atom. The second kappa shape index (κ2) is 11.2. The van der Waals surface area contributed by atoms with Gasteiger partial charge in [-0.15, -0.1) is 0 Å². The molecule has 0 aliphatic carbocycles. The lowest BCUT2D eigenvalue weighted by atomic mass is 10.3. The third-order valence-corrected chi connectivity index (χ3v) is 2.32. The van der Waals surface area contributed by atoms with E-state index in [0.717, 1.165) is 32.3 Å². The van der Waals surface area contributed by atoms with Crippen LogP contribution in [-0.2, 0) is 19.0 Å². The molecule has 0 amide bonds. The molecule has 0 aromatic heterocycles. The predicted molar refractivity (Wildman–Crippen MR) is 71.3 cm³/mol. The highest BCUT2D eigenvalue weighted by atomic mass is 16.7. The Labute approximate surface area is 110 Å². The zero-order valence-corrected chi connectivity index (χ0v) is 11.9. The Hall–Kier alpha value is -0.870. The molecule has 0 aromatic rings. The van der Waals surface area contributed by atoms with Crippen LogP contribution in [0.25, 0.3) is 0 Å². The number of hydrogen-bond acceptors (Lipinski definition) is 4. The van der Waals surface area contributed by atoms with Crippen molar-refractivity contribution in [2.24, 2.45) is 0 Å². The highest BCUT2D eigenvalue weighted by Gasteiger charge is 2.03. The lowest BCUT2D eigenvalue weighted by Gasteiger charge is -2.13. The van der Waals surface area contributed by atoms with Gasteiger partial charge in [-0.1, -0.05) is 19.9 Å². The maximum Gasteiger partial charge on any atom is 0.333 e. The minimum atomic E-state index is -0.327. The van der Waals surface area contributed by atoms with Gasteiger partial charge in [0, 0.05) is 18.8 Å². The lowest BCUT2D eigenvalue weighted by molar-refractivity contribution is -0.140. The first-order valence-electron chi connectivity index (χ1n) is 6.63. The van der Waals surface area contributed by atoms with Crippen molar-refractivity contribution in [3.63, 3.8) is 0 Å². The third kappa shape index (κ3) is 10.3. The fraction of sp³-hybridized carbons (Fsp3) is 0.786. The van der Waals surface area contributed by atoms with E-state index in [2.05, 4.69) is 13.5 Å². The first kappa shape index (κ1) is 17.1. The van der Waals surface area contributed by atoms with Crippen LogP contribution in [0.4, 0.5) is 0 Å². The molecule has 1 atom stereocenters. The Morgan fingerprint density at radius 1 is 1.11 bits per heavy atom. The van der Waals surface area contributed by atoms with E-state index in [1.165, 1.54) is 0 Å². The highest BCUT2D eigenvalue weighted by Crippen LogP contribution is 2.00. The number of rotatable bonds is 11. The average Bonchev–Trinajstić information content (AvgIpc) is 2.33. The third-order valence-electron chi connectivity index (χ3n) is 2.32. The second-order valence-electron chi connectivity index (χ2n) is 4.29. The van der Waals surface area contributed by atoms with Gasteiger partial charge in [-0.3, -0.25) is 0 Å². The van der Waals surface area contributed by atoms with Crippen molar-refractivity contribution >= 4 is 5.97 Å². The normalized spacial score (nSPS) is 12.2. The number of unbranched alkanes of at least 4 members (excludes halogenated alkanes) is 2. The molecule has 0 N–H and O–H groups in total. The van der Waals surface area contributed by atoms with Crippen LogP contribution in [0.2, 0.25) is 0 Å². The predicted octanol–water partition coefficient (Wildman–Crippen LogP) is 3.07. The molecule has 4 heteroatoms. The Balaban J connectivity index is 3.29. The van der Waals surface area contributed by atoms with Crippen molar-refractivity contribution in [2.75, 3.05) is 19.8 Å². The fourth-order valence-electron chi connectivity index (χ4n) is 1.18. The van der Waals surface area contributed by atoms with E-state index in [-0.39, 0.29) is 12.3 Å². The van der Waals surface area contributed by atoms with E-state index in [0.29, 0.717) is 18.8 Å². The van der Waals surface area contributed by atoms with Gasteiger partial charge in [0.05, 0.1) is 6.61 Å². The van der Waals surface area contributed by atoms with Crippen LogP contribution in [-0.4, -0.2) is 32.1 Å². The summed E-state index contributed by atoms with van der Waals surface area (Å²) in [5.41, 5.74) is 0.434. The molecule has 0 aliphatic rings. The van der Waals surface area contributed by atoms with Gasteiger partial charge in [-0.2, -0.15) is 0 Å². The molecule has 0 fully saturated rings. The van der Waals surface area contributed by atoms with E-state index >= 15 is 0 Å². The monoisotopic (exact) mass is 258 g/mol. The summed E-state index contributed by atoms with van der Waals surface area (Å²) in [7, 11) is 0. The lowest BCUT2D eigenvalue weighted by Crippen LogP contribution is -2.15. The minimum absolute atomic E-state index is 0.158. The van der Waals surface area contributed by atoms with Crippen molar-refractivity contribution in [1.82, 2.24) is 0 Å². The molecule has 0 radical (unpaired) electrons. The zero-order valence-electron chi connectivity index (χ0n) is 11.9. The Bertz CT molecular complexity index is 238. The van der Waals surface area contributed by atoms with E-state index in [1.54, 1.807) is 6.92 Å². The molecular weight excluding hydrogens is 232 g/mol. The summed E-state index contributed by atoms with van der Waals surface area (Å²) in [4.78, 5) is 11.1. The fourth-order valence-corrected chi connectivity index (χ4v) is 1.18. The maximum absolute atomic E-state index is 11.1. The Kier molecular flexibility index (Phi) is 10.7. The number of carbonyl (C=O) groups is 1. The quantitative estimate of drug-likeness (QED) is 0.247. The molecule has 0 bridgehead atoms. The van der Waals surface area contributed by atoms with Crippen molar-refractivity contribution in [2.45, 2.75) is 52.7 Å². The van der Waals surface area contributed by atoms with Crippen molar-refractivity contribution in [3.05, 3.63) is 12.2 Å². The van der Waals surface area contributed by atoms with Crippen LogP contribution in [0, 0.1) is 0 Å². The maximum atomic E-state index is 11.1. The number of carbonyl (C=O) groups excluding carboxylic acids is 1. The Morgan fingerprint density at radius 2 is 1.67 bits per heavy atom. The molecule has 0 heterocycles. The van der Waals surface area contributed by atoms with E-state index in [4.69, 9.17) is 14.2 Å². The second-order valence-corrected chi connectivity index (χ2v) is 4.29. The van der Waals surface area contributed by atoms with Gasteiger partial charge in [0.15, 0.2) is 6.29 Å². The molecule has 0 aliphatic heterocycles.